The molecule has 2 unspecified atom stereocenters. The van der Waals surface area contributed by atoms with Crippen molar-refractivity contribution in [1.82, 2.24) is 14.7 Å². The smallest absolute Gasteiger partial charge is 0.219 e. The number of piperazine rings is 1. The molecule has 0 radical (unpaired) electrons. The largest absolute Gasteiger partial charge is 0.392 e. The number of carbonyl (C=O) groups excluding carboxylic acids is 1. The first-order chi connectivity index (χ1) is 9.39. The highest BCUT2D eigenvalue weighted by Gasteiger charge is 2.56. The van der Waals surface area contributed by atoms with Crippen LogP contribution in [0.4, 0.5) is 0 Å². The van der Waals surface area contributed by atoms with Crippen LogP contribution in [0.3, 0.4) is 0 Å². The molecule has 20 heavy (non-hydrogen) atoms. The van der Waals surface area contributed by atoms with E-state index in [0.29, 0.717) is 12.0 Å². The van der Waals surface area contributed by atoms with E-state index < -0.39 is 0 Å². The van der Waals surface area contributed by atoms with Gasteiger partial charge in [0.25, 0.3) is 0 Å². The molecule has 5 nitrogen and oxygen atoms in total. The van der Waals surface area contributed by atoms with Crippen LogP contribution in [0.1, 0.15) is 27.2 Å². The minimum Gasteiger partial charge on any atom is -0.392 e. The zero-order valence-corrected chi connectivity index (χ0v) is 12.9. The van der Waals surface area contributed by atoms with E-state index in [1.165, 1.54) is 0 Å². The fraction of sp³-hybridized carbons (Fsp3) is 0.933. The molecule has 0 aliphatic carbocycles. The number of aliphatic hydroxyl groups excluding tert-OH is 1. The molecule has 3 rings (SSSR count). The maximum atomic E-state index is 11.8. The van der Waals surface area contributed by atoms with Gasteiger partial charge < -0.3 is 10.0 Å². The Morgan fingerprint density at radius 1 is 1.30 bits per heavy atom. The number of carbonyl (C=O) groups is 1. The Labute approximate surface area is 121 Å². The number of hydrogen-bond acceptors (Lipinski definition) is 4. The maximum absolute atomic E-state index is 11.8. The summed E-state index contributed by atoms with van der Waals surface area (Å²) in [7, 11) is 0. The fourth-order valence-electron chi connectivity index (χ4n) is 4.36. The molecular formula is C15H27N3O2. The highest BCUT2D eigenvalue weighted by atomic mass is 16.3. The van der Waals surface area contributed by atoms with Crippen LogP contribution in [0.5, 0.6) is 0 Å². The Morgan fingerprint density at radius 3 is 2.60 bits per heavy atom. The van der Waals surface area contributed by atoms with Gasteiger partial charge in [-0.2, -0.15) is 0 Å². The summed E-state index contributed by atoms with van der Waals surface area (Å²) in [5, 5.41) is 9.99. The lowest BCUT2D eigenvalue weighted by Crippen LogP contribution is -2.78. The standard InChI is InChI=1S/C15H27N3O2/c1-11(2)5-16-8-15(9-16)10-17(12(3)19)6-13-4-14(20)7-18(13)15/h11,13-14,20H,4-10H2,1-3H3. The predicted molar refractivity (Wildman–Crippen MR) is 77.4 cm³/mol. The summed E-state index contributed by atoms with van der Waals surface area (Å²) >= 11 is 0. The molecule has 0 saturated carbocycles. The minimum absolute atomic E-state index is 0.0982. The van der Waals surface area contributed by atoms with Gasteiger partial charge in [-0.05, 0) is 12.3 Å². The topological polar surface area (TPSA) is 47.0 Å². The summed E-state index contributed by atoms with van der Waals surface area (Å²) in [4.78, 5) is 18.8. The fourth-order valence-corrected chi connectivity index (χ4v) is 4.36. The van der Waals surface area contributed by atoms with Gasteiger partial charge in [0.2, 0.25) is 5.91 Å². The first kappa shape index (κ1) is 14.3. The molecule has 3 aliphatic rings. The molecule has 1 amide bonds. The highest BCUT2D eigenvalue weighted by molar-refractivity contribution is 5.73. The molecule has 0 aromatic rings. The number of β-amino-alcohol motifs (C(OH)–C–C–N with tert-alkyl or cyclic N) is 1. The molecule has 0 aromatic heterocycles. The van der Waals surface area contributed by atoms with E-state index in [4.69, 9.17) is 0 Å². The van der Waals surface area contributed by atoms with Crippen molar-refractivity contribution in [2.75, 3.05) is 39.3 Å². The first-order valence-electron chi connectivity index (χ1n) is 7.82. The van der Waals surface area contributed by atoms with Crippen molar-refractivity contribution in [3.63, 3.8) is 0 Å². The molecule has 0 aromatic carbocycles. The van der Waals surface area contributed by atoms with Crippen LogP contribution in [0.25, 0.3) is 0 Å². The molecule has 1 N–H and O–H groups in total. The van der Waals surface area contributed by atoms with Crippen LogP contribution < -0.4 is 0 Å². The van der Waals surface area contributed by atoms with Crippen LogP contribution >= 0.6 is 0 Å². The summed E-state index contributed by atoms with van der Waals surface area (Å²) in [6, 6.07) is 0.351. The number of amides is 1. The molecule has 114 valence electrons. The molecular weight excluding hydrogens is 254 g/mol. The Hall–Kier alpha value is -0.650. The molecule has 3 fully saturated rings. The molecule has 1 spiro atoms. The third-order valence-electron chi connectivity index (χ3n) is 5.02. The summed E-state index contributed by atoms with van der Waals surface area (Å²) < 4.78 is 0. The third kappa shape index (κ3) is 2.36. The number of fused-ring (bicyclic) bond motifs is 2. The summed E-state index contributed by atoms with van der Waals surface area (Å²) in [6.45, 7) is 11.8. The van der Waals surface area contributed by atoms with Crippen molar-refractivity contribution in [1.29, 1.82) is 0 Å². The van der Waals surface area contributed by atoms with Gasteiger partial charge in [-0.1, -0.05) is 13.8 Å². The second-order valence-electron chi connectivity index (χ2n) is 7.38. The number of aliphatic hydroxyl groups is 1. The Morgan fingerprint density at radius 2 is 2.00 bits per heavy atom. The zero-order chi connectivity index (χ0) is 14.5. The maximum Gasteiger partial charge on any atom is 0.219 e. The average molecular weight is 281 g/mol. The van der Waals surface area contributed by atoms with Gasteiger partial charge >= 0.3 is 0 Å². The molecule has 3 aliphatic heterocycles. The van der Waals surface area contributed by atoms with Crippen LogP contribution in [0.2, 0.25) is 0 Å². The normalized spacial score (nSPS) is 33.5. The average Bonchev–Trinajstić information content (AvgIpc) is 2.66. The Bertz CT molecular complexity index is 393. The van der Waals surface area contributed by atoms with Gasteiger partial charge in [0.05, 0.1) is 11.6 Å². The van der Waals surface area contributed by atoms with Crippen molar-refractivity contribution in [2.45, 2.75) is 44.9 Å². The molecule has 3 saturated heterocycles. The van der Waals surface area contributed by atoms with E-state index in [9.17, 15) is 9.90 Å². The van der Waals surface area contributed by atoms with Gasteiger partial charge in [-0.15, -0.1) is 0 Å². The lowest BCUT2D eigenvalue weighted by Gasteiger charge is -2.61. The lowest BCUT2D eigenvalue weighted by molar-refractivity contribution is -0.148. The summed E-state index contributed by atoms with van der Waals surface area (Å²) in [5.74, 6) is 0.854. The van der Waals surface area contributed by atoms with E-state index in [-0.39, 0.29) is 17.6 Å². The third-order valence-corrected chi connectivity index (χ3v) is 5.02. The van der Waals surface area contributed by atoms with E-state index in [1.807, 2.05) is 4.90 Å². The monoisotopic (exact) mass is 281 g/mol. The lowest BCUT2D eigenvalue weighted by atomic mass is 9.83. The molecule has 2 atom stereocenters. The van der Waals surface area contributed by atoms with Gasteiger partial charge in [0.1, 0.15) is 0 Å². The van der Waals surface area contributed by atoms with Crippen molar-refractivity contribution >= 4 is 5.91 Å². The quantitative estimate of drug-likeness (QED) is 0.774. The summed E-state index contributed by atoms with van der Waals surface area (Å²) in [5.41, 5.74) is 0.0982. The number of likely N-dealkylation sites (tertiary alicyclic amines) is 1. The van der Waals surface area contributed by atoms with Crippen LogP contribution in [0, 0.1) is 5.92 Å². The zero-order valence-electron chi connectivity index (χ0n) is 12.9. The molecule has 3 heterocycles. The first-order valence-corrected chi connectivity index (χ1v) is 7.82. The van der Waals surface area contributed by atoms with Crippen molar-refractivity contribution in [3.8, 4) is 0 Å². The van der Waals surface area contributed by atoms with Crippen LogP contribution in [-0.2, 0) is 4.79 Å². The second kappa shape index (κ2) is 4.97. The molecule has 0 bridgehead atoms. The Kier molecular flexibility index (Phi) is 3.55. The van der Waals surface area contributed by atoms with Crippen LogP contribution in [0.15, 0.2) is 0 Å². The minimum atomic E-state index is -0.220. The van der Waals surface area contributed by atoms with Crippen molar-refractivity contribution in [3.05, 3.63) is 0 Å². The highest BCUT2D eigenvalue weighted by Crippen LogP contribution is 2.39. The van der Waals surface area contributed by atoms with Crippen molar-refractivity contribution in [2.24, 2.45) is 5.92 Å². The van der Waals surface area contributed by atoms with Gasteiger partial charge in [0.15, 0.2) is 0 Å². The van der Waals surface area contributed by atoms with E-state index in [0.717, 1.165) is 45.7 Å². The SMILES string of the molecule is CC(=O)N1CC2CC(O)CN2C2(CN(CC(C)C)C2)C1. The van der Waals surface area contributed by atoms with E-state index in [1.54, 1.807) is 6.92 Å². The Balaban J connectivity index is 1.73. The summed E-state index contributed by atoms with van der Waals surface area (Å²) in [6.07, 6.45) is 0.596. The molecule has 5 heteroatoms. The van der Waals surface area contributed by atoms with E-state index in [2.05, 4.69) is 23.6 Å². The number of rotatable bonds is 2. The van der Waals surface area contributed by atoms with Crippen LogP contribution in [-0.4, -0.2) is 82.7 Å². The number of nitrogens with zero attached hydrogens (tertiary/aromatic N) is 3. The second-order valence-corrected chi connectivity index (χ2v) is 7.38. The number of hydrogen-bond donors (Lipinski definition) is 1. The predicted octanol–water partition coefficient (Wildman–Crippen LogP) is -0.00590. The van der Waals surface area contributed by atoms with Gasteiger partial charge in [-0.3, -0.25) is 14.6 Å². The van der Waals surface area contributed by atoms with Gasteiger partial charge in [0, 0.05) is 52.2 Å². The van der Waals surface area contributed by atoms with Crippen molar-refractivity contribution < 1.29 is 9.90 Å². The van der Waals surface area contributed by atoms with E-state index >= 15 is 0 Å². The van der Waals surface area contributed by atoms with Gasteiger partial charge in [-0.25, -0.2) is 0 Å².